The fraction of sp³-hybridized carbons (Fsp3) is 0.458. The minimum Gasteiger partial charge on any atom is -0.495 e. The molecule has 0 radical (unpaired) electrons. The van der Waals surface area contributed by atoms with Crippen molar-refractivity contribution in [1.82, 2.24) is 25.2 Å². The third-order valence-corrected chi connectivity index (χ3v) is 6.55. The quantitative estimate of drug-likeness (QED) is 0.594. The van der Waals surface area contributed by atoms with Crippen molar-refractivity contribution in [2.45, 2.75) is 26.4 Å². The van der Waals surface area contributed by atoms with Crippen molar-refractivity contribution in [3.05, 3.63) is 36.2 Å². The van der Waals surface area contributed by atoms with E-state index < -0.39 is 0 Å². The van der Waals surface area contributed by atoms with Gasteiger partial charge in [0.05, 0.1) is 30.9 Å². The van der Waals surface area contributed by atoms with Crippen molar-refractivity contribution >= 4 is 17.1 Å². The van der Waals surface area contributed by atoms with E-state index in [1.54, 1.807) is 7.11 Å². The third kappa shape index (κ3) is 4.20. The number of aryl methyl sites for hydroxylation is 1. The van der Waals surface area contributed by atoms with Gasteiger partial charge in [-0.05, 0) is 26.0 Å². The highest BCUT2D eigenvalue weighted by Gasteiger charge is 2.29. The van der Waals surface area contributed by atoms with Crippen molar-refractivity contribution in [2.75, 3.05) is 44.7 Å². The first-order valence-corrected chi connectivity index (χ1v) is 11.5. The second-order valence-corrected chi connectivity index (χ2v) is 8.77. The predicted molar refractivity (Wildman–Crippen MR) is 126 cm³/mol. The average Bonchev–Trinajstić information content (AvgIpc) is 3.45. The highest BCUT2D eigenvalue weighted by atomic mass is 16.5. The number of carbonyl (C=O) groups excluding carboxylic acids is 1. The molecule has 1 amide bonds. The number of anilines is 1. The van der Waals surface area contributed by atoms with E-state index in [1.807, 2.05) is 36.8 Å². The van der Waals surface area contributed by atoms with E-state index in [0.717, 1.165) is 60.0 Å². The van der Waals surface area contributed by atoms with Gasteiger partial charge < -0.3 is 25.0 Å². The third-order valence-electron chi connectivity index (χ3n) is 6.55. The monoisotopic (exact) mass is 450 g/mol. The molecule has 5 rings (SSSR count). The lowest BCUT2D eigenvalue weighted by atomic mass is 10.0. The van der Waals surface area contributed by atoms with E-state index in [2.05, 4.69) is 32.8 Å². The molecular weight excluding hydrogens is 420 g/mol. The van der Waals surface area contributed by atoms with Gasteiger partial charge in [0, 0.05) is 56.2 Å². The molecule has 2 N–H and O–H groups in total. The fourth-order valence-electron chi connectivity index (χ4n) is 4.58. The molecule has 9 heteroatoms. The Kier molecular flexibility index (Phi) is 5.80. The van der Waals surface area contributed by atoms with Crippen LogP contribution >= 0.6 is 0 Å². The maximum Gasteiger partial charge on any atom is 0.241 e. The predicted octanol–water partition coefficient (Wildman–Crippen LogP) is 2.03. The smallest absolute Gasteiger partial charge is 0.241 e. The first-order valence-electron chi connectivity index (χ1n) is 11.5. The first-order chi connectivity index (χ1) is 16.0. The number of benzene rings is 1. The Morgan fingerprint density at radius 1 is 1.24 bits per heavy atom. The zero-order valence-corrected chi connectivity index (χ0v) is 19.3. The maximum atomic E-state index is 11.7. The number of nitrogens with zero attached hydrogens (tertiary/aromatic N) is 4. The molecule has 0 saturated carbocycles. The summed E-state index contributed by atoms with van der Waals surface area (Å²) in [6.07, 6.45) is 4.04. The molecule has 2 saturated heterocycles. The van der Waals surface area contributed by atoms with Crippen molar-refractivity contribution in [2.24, 2.45) is 5.92 Å². The van der Waals surface area contributed by atoms with Crippen LogP contribution in [0.2, 0.25) is 0 Å². The molecule has 2 atom stereocenters. The second-order valence-electron chi connectivity index (χ2n) is 8.77. The molecule has 4 heterocycles. The fourth-order valence-corrected chi connectivity index (χ4v) is 4.58. The van der Waals surface area contributed by atoms with Crippen LogP contribution in [0.3, 0.4) is 0 Å². The topological polar surface area (TPSA) is 93.0 Å². The summed E-state index contributed by atoms with van der Waals surface area (Å²) < 4.78 is 13.9. The van der Waals surface area contributed by atoms with Crippen LogP contribution in [0.25, 0.3) is 16.8 Å². The SMILES string of the molecule is COc1cc(-c2cn3ncc(C)c3c(O[C@H](C)C3CNC(=O)C3)n2)ccc1N1CCNCC1. The average molecular weight is 451 g/mol. The van der Waals surface area contributed by atoms with Gasteiger partial charge >= 0.3 is 0 Å². The van der Waals surface area contributed by atoms with Crippen LogP contribution < -0.4 is 25.0 Å². The van der Waals surface area contributed by atoms with Crippen LogP contribution in [0.4, 0.5) is 5.69 Å². The molecule has 174 valence electrons. The zero-order valence-electron chi connectivity index (χ0n) is 19.3. The summed E-state index contributed by atoms with van der Waals surface area (Å²) in [5, 5.41) is 10.8. The van der Waals surface area contributed by atoms with Gasteiger partial charge in [0.15, 0.2) is 0 Å². The Morgan fingerprint density at radius 2 is 2.06 bits per heavy atom. The number of hydrogen-bond acceptors (Lipinski definition) is 7. The van der Waals surface area contributed by atoms with Gasteiger partial charge in [0.2, 0.25) is 11.8 Å². The highest BCUT2D eigenvalue weighted by Crippen LogP contribution is 2.35. The molecule has 0 spiro atoms. The molecule has 0 aliphatic carbocycles. The molecule has 9 nitrogen and oxygen atoms in total. The van der Waals surface area contributed by atoms with E-state index in [0.29, 0.717) is 18.8 Å². The zero-order chi connectivity index (χ0) is 22.9. The normalized spacial score (nSPS) is 19.5. The van der Waals surface area contributed by atoms with Crippen LogP contribution in [0, 0.1) is 12.8 Å². The van der Waals surface area contributed by atoms with Gasteiger partial charge in [-0.3, -0.25) is 4.79 Å². The number of carbonyl (C=O) groups is 1. The van der Waals surface area contributed by atoms with Gasteiger partial charge in [-0.1, -0.05) is 6.07 Å². The van der Waals surface area contributed by atoms with E-state index in [4.69, 9.17) is 14.5 Å². The number of aromatic nitrogens is 3. The number of fused-ring (bicyclic) bond motifs is 1. The summed E-state index contributed by atoms with van der Waals surface area (Å²) in [6.45, 7) is 8.42. The van der Waals surface area contributed by atoms with Crippen molar-refractivity contribution in [1.29, 1.82) is 0 Å². The molecule has 1 aromatic carbocycles. The molecule has 0 bridgehead atoms. The van der Waals surface area contributed by atoms with E-state index in [1.165, 1.54) is 0 Å². The highest BCUT2D eigenvalue weighted by molar-refractivity contribution is 5.78. The summed E-state index contributed by atoms with van der Waals surface area (Å²) in [5.74, 6) is 1.53. The Bertz CT molecular complexity index is 1170. The molecule has 2 fully saturated rings. The molecule has 33 heavy (non-hydrogen) atoms. The first kappa shape index (κ1) is 21.5. The number of methoxy groups -OCH3 is 1. The Labute approximate surface area is 193 Å². The van der Waals surface area contributed by atoms with Gasteiger partial charge in [-0.2, -0.15) is 5.10 Å². The summed E-state index contributed by atoms with van der Waals surface area (Å²) in [6, 6.07) is 6.19. The van der Waals surface area contributed by atoms with E-state index in [-0.39, 0.29) is 17.9 Å². The van der Waals surface area contributed by atoms with Crippen molar-refractivity contribution in [3.8, 4) is 22.9 Å². The van der Waals surface area contributed by atoms with Gasteiger partial charge in [0.1, 0.15) is 17.4 Å². The molecule has 3 aromatic rings. The van der Waals surface area contributed by atoms with E-state index in [9.17, 15) is 4.79 Å². The standard InChI is InChI=1S/C24H30N6O3/c1-15-12-27-30-14-19(28-24(23(15)30)33-16(2)18-11-22(31)26-13-18)17-4-5-20(21(10-17)32-3)29-8-6-25-7-9-29/h4-5,10,12,14,16,18,25H,6-9,11,13H2,1-3H3,(H,26,31)/t16-,18?/m1/s1. The van der Waals surface area contributed by atoms with Gasteiger partial charge in [0.25, 0.3) is 0 Å². The Morgan fingerprint density at radius 3 is 2.79 bits per heavy atom. The van der Waals surface area contributed by atoms with Gasteiger partial charge in [-0.15, -0.1) is 0 Å². The van der Waals surface area contributed by atoms with Crippen molar-refractivity contribution < 1.29 is 14.3 Å². The lowest BCUT2D eigenvalue weighted by Crippen LogP contribution is -2.43. The minimum absolute atomic E-state index is 0.0690. The molecular formula is C24H30N6O3. The molecule has 2 aromatic heterocycles. The molecule has 2 aliphatic rings. The summed E-state index contributed by atoms with van der Waals surface area (Å²) >= 11 is 0. The number of piperazine rings is 1. The number of hydrogen-bond donors (Lipinski definition) is 2. The minimum atomic E-state index is -0.158. The Hall–Kier alpha value is -3.33. The number of ether oxygens (including phenoxy) is 2. The summed E-state index contributed by atoms with van der Waals surface area (Å²) in [4.78, 5) is 18.9. The number of rotatable bonds is 6. The molecule has 2 aliphatic heterocycles. The lowest BCUT2D eigenvalue weighted by Gasteiger charge is -2.30. The Balaban J connectivity index is 1.50. The number of nitrogens with one attached hydrogen (secondary N) is 2. The van der Waals surface area contributed by atoms with Crippen LogP contribution in [0.15, 0.2) is 30.6 Å². The lowest BCUT2D eigenvalue weighted by molar-refractivity contribution is -0.119. The van der Waals surface area contributed by atoms with E-state index >= 15 is 0 Å². The van der Waals surface area contributed by atoms with Crippen molar-refractivity contribution in [3.63, 3.8) is 0 Å². The van der Waals surface area contributed by atoms with Crippen LogP contribution in [-0.4, -0.2) is 66.4 Å². The van der Waals surface area contributed by atoms with Crippen LogP contribution in [0.5, 0.6) is 11.6 Å². The largest absolute Gasteiger partial charge is 0.495 e. The van der Waals surface area contributed by atoms with Crippen LogP contribution in [0.1, 0.15) is 18.9 Å². The maximum absolute atomic E-state index is 11.7. The number of amides is 1. The summed E-state index contributed by atoms with van der Waals surface area (Å²) in [5.41, 5.74) is 4.59. The second kappa shape index (κ2) is 8.90. The van der Waals surface area contributed by atoms with Gasteiger partial charge in [-0.25, -0.2) is 9.50 Å². The summed E-state index contributed by atoms with van der Waals surface area (Å²) in [7, 11) is 1.70. The van der Waals surface area contributed by atoms with Crippen LogP contribution in [-0.2, 0) is 4.79 Å². The molecule has 1 unspecified atom stereocenters.